The Morgan fingerprint density at radius 2 is 1.15 bits per heavy atom. The fourth-order valence-corrected chi connectivity index (χ4v) is 3.90. The van der Waals surface area contributed by atoms with E-state index in [-0.39, 0.29) is 0 Å². The number of benzene rings is 1. The van der Waals surface area contributed by atoms with E-state index < -0.39 is 42.3 Å². The summed E-state index contributed by atoms with van der Waals surface area (Å²) < 4.78 is 1.11. The van der Waals surface area contributed by atoms with E-state index in [1.807, 2.05) is 0 Å². The molecule has 4 N–H and O–H groups in total. The summed E-state index contributed by atoms with van der Waals surface area (Å²) in [5, 5.41) is 42.7. The summed E-state index contributed by atoms with van der Waals surface area (Å²) in [4.78, 5) is 39.4. The molecule has 0 amide bonds. The van der Waals surface area contributed by atoms with Crippen LogP contribution in [0.1, 0.15) is 96.5 Å². The van der Waals surface area contributed by atoms with Gasteiger partial charge in [0.25, 0.3) is 0 Å². The monoisotopic (exact) mass is 555 g/mol. The number of carbonyl (C=O) groups excluding carboxylic acids is 1. The van der Waals surface area contributed by atoms with E-state index in [1.165, 1.54) is 76.3 Å². The highest BCUT2D eigenvalue weighted by molar-refractivity contribution is 5.88. The van der Waals surface area contributed by atoms with Crippen LogP contribution in [0.5, 0.6) is 0 Å². The third kappa shape index (κ3) is 25.1. The molecule has 0 aliphatic rings. The lowest BCUT2D eigenvalue weighted by atomic mass is 9.96. The van der Waals surface area contributed by atoms with Crippen LogP contribution in [0.25, 0.3) is 0 Å². The number of carboxylic acids is 4. The molecule has 0 radical (unpaired) electrons. The highest BCUT2D eigenvalue weighted by atomic mass is 16.4. The molecule has 0 atom stereocenters. The molecule has 10 nitrogen and oxygen atoms in total. The number of aliphatic carboxylic acids is 4. The molecule has 0 unspecified atom stereocenters. The molecular formula is C29H49NO9. The Labute approximate surface area is 232 Å². The predicted molar refractivity (Wildman–Crippen MR) is 147 cm³/mol. The molecule has 0 aliphatic heterocycles. The molecule has 0 aromatic heterocycles. The quantitative estimate of drug-likeness (QED) is 0.156. The molecule has 0 spiro atoms. The van der Waals surface area contributed by atoms with Crippen molar-refractivity contribution in [2.75, 3.05) is 20.6 Å². The van der Waals surface area contributed by atoms with Crippen molar-refractivity contribution in [3.63, 3.8) is 0 Å². The molecule has 39 heavy (non-hydrogen) atoms. The van der Waals surface area contributed by atoms with Gasteiger partial charge in [-0.1, -0.05) is 88.6 Å². The second-order valence-corrected chi connectivity index (χ2v) is 10.5. The lowest BCUT2D eigenvalue weighted by Gasteiger charge is -2.30. The number of nitrogens with zero attached hydrogens (tertiary/aromatic N) is 1. The van der Waals surface area contributed by atoms with Gasteiger partial charge in [-0.05, 0) is 19.8 Å². The second kappa shape index (κ2) is 21.9. The average Bonchev–Trinajstić information content (AvgIpc) is 2.79. The van der Waals surface area contributed by atoms with Crippen LogP contribution in [0.4, 0.5) is 0 Å². The minimum absolute atomic E-state index is 0.972. The van der Waals surface area contributed by atoms with Gasteiger partial charge in [0.15, 0.2) is 5.60 Å². The zero-order chi connectivity index (χ0) is 30.3. The van der Waals surface area contributed by atoms with E-state index in [1.54, 1.807) is 0 Å². The van der Waals surface area contributed by atoms with Gasteiger partial charge in [0.05, 0.1) is 33.5 Å². The van der Waals surface area contributed by atoms with Gasteiger partial charge in [-0.25, -0.2) is 4.79 Å². The van der Waals surface area contributed by atoms with E-state index in [9.17, 15) is 14.4 Å². The minimum atomic E-state index is -2.74. The van der Waals surface area contributed by atoms with Crippen LogP contribution < -0.4 is 5.11 Å². The summed E-state index contributed by atoms with van der Waals surface area (Å²) in [6.45, 7) is 5.71. The molecule has 224 valence electrons. The van der Waals surface area contributed by atoms with Crippen LogP contribution >= 0.6 is 0 Å². The smallest absolute Gasteiger partial charge is 0.336 e. The van der Waals surface area contributed by atoms with Crippen LogP contribution in [0.3, 0.4) is 0 Å². The largest absolute Gasteiger partial charge is 0.550 e. The Balaban J connectivity index is 0. The summed E-state index contributed by atoms with van der Waals surface area (Å²) in [6, 6.07) is 10.9. The van der Waals surface area contributed by atoms with E-state index in [0.717, 1.165) is 18.0 Å². The normalized spacial score (nSPS) is 10.9. The summed E-state index contributed by atoms with van der Waals surface area (Å²) in [6.07, 6.45) is 11.9. The molecule has 0 fully saturated rings. The van der Waals surface area contributed by atoms with Crippen LogP contribution in [0.2, 0.25) is 0 Å². The number of hydrogen-bond donors (Lipinski definition) is 4. The maximum Gasteiger partial charge on any atom is 0.336 e. The number of unbranched alkanes of at least 4 members (excludes halogenated alkanes) is 9. The molecule has 0 saturated heterocycles. The van der Waals surface area contributed by atoms with E-state index in [0.29, 0.717) is 0 Å². The lowest BCUT2D eigenvalue weighted by molar-refractivity contribution is -0.903. The first kappa shape index (κ1) is 38.2. The van der Waals surface area contributed by atoms with Crippen LogP contribution in [0.15, 0.2) is 30.3 Å². The summed E-state index contributed by atoms with van der Waals surface area (Å²) >= 11 is 0. The average molecular weight is 556 g/mol. The van der Waals surface area contributed by atoms with Crippen LogP contribution in [-0.4, -0.2) is 75.0 Å². The van der Waals surface area contributed by atoms with E-state index >= 15 is 0 Å². The topological polar surface area (TPSA) is 172 Å². The molecular weight excluding hydrogens is 506 g/mol. The number of rotatable bonds is 18. The Hall–Kier alpha value is -2.98. The zero-order valence-electron chi connectivity index (χ0n) is 24.1. The second-order valence-electron chi connectivity index (χ2n) is 10.5. The van der Waals surface area contributed by atoms with Gasteiger partial charge in [0, 0.05) is 11.5 Å². The van der Waals surface area contributed by atoms with Gasteiger partial charge in [0.1, 0.15) is 6.54 Å². The molecule has 1 aromatic rings. The Morgan fingerprint density at radius 3 is 1.51 bits per heavy atom. The SMILES string of the molecule is CC(=O)[O-].CCCCCCCCCCCC[N+](C)(C)Cc1ccccc1.O=C(O)CC(O)(CC(=O)O)C(=O)O. The number of carbonyl (C=O) groups is 4. The summed E-state index contributed by atoms with van der Waals surface area (Å²) in [5.74, 6) is -6.10. The Kier molecular flexibility index (Phi) is 21.4. The van der Waals surface area contributed by atoms with Crippen LogP contribution in [0, 0.1) is 0 Å². The third-order valence-corrected chi connectivity index (χ3v) is 5.86. The van der Waals surface area contributed by atoms with E-state index in [2.05, 4.69) is 51.4 Å². The third-order valence-electron chi connectivity index (χ3n) is 5.86. The lowest BCUT2D eigenvalue weighted by Crippen LogP contribution is -2.42. The standard InChI is InChI=1S/C21H38N.C6H8O7.C2H4O2/c1-4-5-6-7-8-9-10-11-12-16-19-22(2,3)20-21-17-14-13-15-18-21;7-3(8)1-6(13,5(11)12)2-4(9)10;1-2(3)4/h13-15,17-18H,4-12,16,19-20H2,1-3H3;13H,1-2H2,(H,7,8)(H,9,10)(H,11,12);1H3,(H,3,4)/q+1;;/p-1. The first-order valence-electron chi connectivity index (χ1n) is 13.6. The molecule has 0 saturated carbocycles. The van der Waals surface area contributed by atoms with Crippen molar-refractivity contribution in [2.24, 2.45) is 0 Å². The fraction of sp³-hybridized carbons (Fsp3) is 0.655. The summed E-state index contributed by atoms with van der Waals surface area (Å²) in [7, 11) is 4.72. The Bertz CT molecular complexity index is 805. The molecule has 10 heteroatoms. The van der Waals surface area contributed by atoms with Crippen molar-refractivity contribution in [1.29, 1.82) is 0 Å². The zero-order valence-corrected chi connectivity index (χ0v) is 24.1. The first-order chi connectivity index (χ1) is 18.1. The number of carboxylic acid groups (broad SMARTS) is 4. The Morgan fingerprint density at radius 1 is 0.769 bits per heavy atom. The number of hydrogen-bond acceptors (Lipinski definition) is 6. The highest BCUT2D eigenvalue weighted by Gasteiger charge is 2.40. The summed E-state index contributed by atoms with van der Waals surface area (Å²) in [5.41, 5.74) is -1.28. The predicted octanol–water partition coefficient (Wildman–Crippen LogP) is 3.69. The minimum Gasteiger partial charge on any atom is -0.550 e. The van der Waals surface area contributed by atoms with Crippen molar-refractivity contribution in [3.05, 3.63) is 35.9 Å². The van der Waals surface area contributed by atoms with Gasteiger partial charge in [-0.2, -0.15) is 0 Å². The number of aliphatic hydroxyl groups is 1. The fourth-order valence-electron chi connectivity index (χ4n) is 3.90. The van der Waals surface area contributed by atoms with Crippen molar-refractivity contribution in [2.45, 2.75) is 103 Å². The highest BCUT2D eigenvalue weighted by Crippen LogP contribution is 2.16. The molecule has 0 heterocycles. The van der Waals surface area contributed by atoms with Crippen molar-refractivity contribution in [1.82, 2.24) is 0 Å². The van der Waals surface area contributed by atoms with E-state index in [4.69, 9.17) is 30.3 Å². The van der Waals surface area contributed by atoms with Gasteiger partial charge >= 0.3 is 17.9 Å². The van der Waals surface area contributed by atoms with Crippen molar-refractivity contribution in [3.8, 4) is 0 Å². The van der Waals surface area contributed by atoms with Crippen molar-refractivity contribution < 1.29 is 49.2 Å². The first-order valence-corrected chi connectivity index (χ1v) is 13.6. The molecule has 0 aliphatic carbocycles. The molecule has 1 aromatic carbocycles. The van der Waals surface area contributed by atoms with Crippen molar-refractivity contribution >= 4 is 23.9 Å². The van der Waals surface area contributed by atoms with Gasteiger partial charge in [-0.3, -0.25) is 9.59 Å². The van der Waals surface area contributed by atoms with Gasteiger partial charge < -0.3 is 34.8 Å². The number of quaternary nitrogens is 1. The molecule has 0 bridgehead atoms. The van der Waals surface area contributed by atoms with Crippen LogP contribution in [-0.2, 0) is 25.7 Å². The molecule has 1 rings (SSSR count). The van der Waals surface area contributed by atoms with Gasteiger partial charge in [0.2, 0.25) is 0 Å². The van der Waals surface area contributed by atoms with Gasteiger partial charge in [-0.15, -0.1) is 0 Å². The maximum atomic E-state index is 10.3. The maximum absolute atomic E-state index is 10.3.